The van der Waals surface area contributed by atoms with Crippen LogP contribution in [-0.2, 0) is 11.3 Å². The third kappa shape index (κ3) is 4.77. The van der Waals surface area contributed by atoms with Crippen LogP contribution < -0.4 is 5.32 Å². The first-order chi connectivity index (χ1) is 10.2. The molecule has 1 aliphatic heterocycles. The number of rotatable bonds is 6. The van der Waals surface area contributed by atoms with Crippen molar-refractivity contribution in [3.63, 3.8) is 0 Å². The van der Waals surface area contributed by atoms with Gasteiger partial charge >= 0.3 is 12.0 Å². The van der Waals surface area contributed by atoms with E-state index in [1.54, 1.807) is 17.4 Å². The van der Waals surface area contributed by atoms with Gasteiger partial charge in [0, 0.05) is 44.5 Å². The summed E-state index contributed by atoms with van der Waals surface area (Å²) >= 11 is 0. The fourth-order valence-corrected chi connectivity index (χ4v) is 2.67. The van der Waals surface area contributed by atoms with Gasteiger partial charge in [0.05, 0.1) is 6.33 Å². The smallest absolute Gasteiger partial charge is 0.317 e. The van der Waals surface area contributed by atoms with Crippen LogP contribution in [0.3, 0.4) is 0 Å². The maximum atomic E-state index is 12.2. The highest BCUT2D eigenvalue weighted by Gasteiger charge is 2.26. The Morgan fingerprint density at radius 2 is 2.24 bits per heavy atom. The van der Waals surface area contributed by atoms with Gasteiger partial charge in [-0.05, 0) is 25.7 Å². The molecule has 0 aliphatic carbocycles. The number of piperidine rings is 1. The number of nitrogens with one attached hydrogen (secondary N) is 1. The summed E-state index contributed by atoms with van der Waals surface area (Å²) in [6.45, 7) is 1.93. The van der Waals surface area contributed by atoms with Crippen molar-refractivity contribution in [3.05, 3.63) is 18.7 Å². The summed E-state index contributed by atoms with van der Waals surface area (Å²) in [5, 5.41) is 11.7. The molecule has 1 atom stereocenters. The van der Waals surface area contributed by atoms with E-state index < -0.39 is 5.97 Å². The van der Waals surface area contributed by atoms with Crippen LogP contribution in [0.15, 0.2) is 18.7 Å². The molecule has 21 heavy (non-hydrogen) atoms. The zero-order valence-corrected chi connectivity index (χ0v) is 12.1. The van der Waals surface area contributed by atoms with E-state index in [-0.39, 0.29) is 18.5 Å². The summed E-state index contributed by atoms with van der Waals surface area (Å²) in [6.07, 6.45) is 8.84. The largest absolute Gasteiger partial charge is 0.481 e. The average molecular weight is 294 g/mol. The SMILES string of the molecule is O=C(O)CCC1CCCCN1C(=O)NCCn1ccnc1. The van der Waals surface area contributed by atoms with Crippen LogP contribution in [0.5, 0.6) is 0 Å². The number of hydrogen-bond donors (Lipinski definition) is 2. The Morgan fingerprint density at radius 1 is 1.38 bits per heavy atom. The summed E-state index contributed by atoms with van der Waals surface area (Å²) in [5.41, 5.74) is 0. The maximum absolute atomic E-state index is 12.2. The van der Waals surface area contributed by atoms with E-state index in [4.69, 9.17) is 5.11 Å². The number of carboxylic acid groups (broad SMARTS) is 1. The number of hydrogen-bond acceptors (Lipinski definition) is 3. The van der Waals surface area contributed by atoms with Crippen molar-refractivity contribution in [3.8, 4) is 0 Å². The van der Waals surface area contributed by atoms with E-state index in [9.17, 15) is 9.59 Å². The van der Waals surface area contributed by atoms with E-state index in [2.05, 4.69) is 10.3 Å². The molecule has 1 fully saturated rings. The van der Waals surface area contributed by atoms with Crippen molar-refractivity contribution in [1.29, 1.82) is 0 Å². The standard InChI is InChI=1S/C14H22N4O3/c19-13(20)5-4-12-3-1-2-8-18(12)14(21)16-7-10-17-9-6-15-11-17/h6,9,11-12H,1-5,7-8,10H2,(H,16,21)(H,19,20). The Labute approximate surface area is 124 Å². The lowest BCUT2D eigenvalue weighted by Crippen LogP contribution is -2.49. The Morgan fingerprint density at radius 3 is 2.95 bits per heavy atom. The van der Waals surface area contributed by atoms with Crippen LogP contribution in [0.2, 0.25) is 0 Å². The first-order valence-electron chi connectivity index (χ1n) is 7.39. The van der Waals surface area contributed by atoms with Crippen LogP contribution in [0.1, 0.15) is 32.1 Å². The molecule has 2 rings (SSSR count). The second kappa shape index (κ2) is 7.66. The van der Waals surface area contributed by atoms with Gasteiger partial charge in [0.1, 0.15) is 0 Å². The van der Waals surface area contributed by atoms with Gasteiger partial charge in [-0.2, -0.15) is 0 Å². The molecule has 1 aromatic rings. The summed E-state index contributed by atoms with van der Waals surface area (Å²) in [7, 11) is 0. The van der Waals surface area contributed by atoms with Gasteiger partial charge < -0.3 is 19.9 Å². The quantitative estimate of drug-likeness (QED) is 0.828. The van der Waals surface area contributed by atoms with Gasteiger partial charge in [-0.3, -0.25) is 4.79 Å². The van der Waals surface area contributed by atoms with Crippen molar-refractivity contribution >= 4 is 12.0 Å². The molecular weight excluding hydrogens is 272 g/mol. The summed E-state index contributed by atoms with van der Waals surface area (Å²) in [4.78, 5) is 28.7. The Kier molecular flexibility index (Phi) is 5.59. The number of aromatic nitrogens is 2. The fraction of sp³-hybridized carbons (Fsp3) is 0.643. The number of aliphatic carboxylic acids is 1. The number of nitrogens with zero attached hydrogens (tertiary/aromatic N) is 3. The minimum absolute atomic E-state index is 0.0445. The second-order valence-electron chi connectivity index (χ2n) is 5.31. The van der Waals surface area contributed by atoms with Crippen LogP contribution in [0, 0.1) is 0 Å². The molecule has 1 unspecified atom stereocenters. The number of carboxylic acids is 1. The normalized spacial score (nSPS) is 18.5. The lowest BCUT2D eigenvalue weighted by Gasteiger charge is -2.35. The summed E-state index contributed by atoms with van der Waals surface area (Å²) in [6, 6.07) is -0.0479. The molecule has 1 aliphatic rings. The van der Waals surface area contributed by atoms with Crippen LogP contribution >= 0.6 is 0 Å². The predicted molar refractivity (Wildman–Crippen MR) is 76.8 cm³/mol. The molecule has 2 amide bonds. The van der Waals surface area contributed by atoms with E-state index in [1.165, 1.54) is 0 Å². The van der Waals surface area contributed by atoms with Crippen LogP contribution in [0.4, 0.5) is 4.79 Å². The lowest BCUT2D eigenvalue weighted by atomic mass is 9.98. The van der Waals surface area contributed by atoms with Gasteiger partial charge in [0.2, 0.25) is 0 Å². The lowest BCUT2D eigenvalue weighted by molar-refractivity contribution is -0.137. The highest BCUT2D eigenvalue weighted by molar-refractivity contribution is 5.74. The third-order valence-electron chi connectivity index (χ3n) is 3.78. The number of amides is 2. The number of likely N-dealkylation sites (tertiary alicyclic amines) is 1. The fourth-order valence-electron chi connectivity index (χ4n) is 2.67. The molecule has 0 radical (unpaired) electrons. The summed E-state index contributed by atoms with van der Waals surface area (Å²) in [5.74, 6) is -0.805. The minimum Gasteiger partial charge on any atom is -0.481 e. The number of urea groups is 1. The van der Waals surface area contributed by atoms with E-state index in [0.29, 0.717) is 26.1 Å². The van der Waals surface area contributed by atoms with E-state index in [1.807, 2.05) is 10.8 Å². The zero-order valence-electron chi connectivity index (χ0n) is 12.1. The molecule has 0 bridgehead atoms. The Bertz CT molecular complexity index is 461. The zero-order chi connectivity index (χ0) is 15.1. The first-order valence-corrected chi connectivity index (χ1v) is 7.39. The van der Waals surface area contributed by atoms with Gasteiger partial charge in [-0.25, -0.2) is 9.78 Å². The maximum Gasteiger partial charge on any atom is 0.317 e. The van der Waals surface area contributed by atoms with Gasteiger partial charge in [0.15, 0.2) is 0 Å². The van der Waals surface area contributed by atoms with Crippen molar-refractivity contribution in [2.75, 3.05) is 13.1 Å². The molecule has 2 N–H and O–H groups in total. The number of carbonyl (C=O) groups is 2. The Hall–Kier alpha value is -2.05. The van der Waals surface area contributed by atoms with E-state index in [0.717, 1.165) is 19.3 Å². The van der Waals surface area contributed by atoms with Crippen molar-refractivity contribution < 1.29 is 14.7 Å². The monoisotopic (exact) mass is 294 g/mol. The average Bonchev–Trinajstić information content (AvgIpc) is 2.98. The molecule has 1 aromatic heterocycles. The minimum atomic E-state index is -0.805. The second-order valence-corrected chi connectivity index (χ2v) is 5.31. The van der Waals surface area contributed by atoms with Crippen molar-refractivity contribution in [2.24, 2.45) is 0 Å². The molecule has 7 nitrogen and oxygen atoms in total. The first kappa shape index (κ1) is 15.3. The molecule has 0 spiro atoms. The topological polar surface area (TPSA) is 87.5 Å². The predicted octanol–water partition coefficient (Wildman–Crippen LogP) is 1.31. The summed E-state index contributed by atoms with van der Waals surface area (Å²) < 4.78 is 1.90. The Balaban J connectivity index is 1.78. The number of carbonyl (C=O) groups excluding carboxylic acids is 1. The van der Waals surface area contributed by atoms with Crippen molar-refractivity contribution in [1.82, 2.24) is 19.8 Å². The van der Waals surface area contributed by atoms with Crippen molar-refractivity contribution in [2.45, 2.75) is 44.7 Å². The van der Waals surface area contributed by atoms with Crippen LogP contribution in [0.25, 0.3) is 0 Å². The van der Waals surface area contributed by atoms with Gasteiger partial charge in [-0.15, -0.1) is 0 Å². The number of imidazole rings is 1. The van der Waals surface area contributed by atoms with Crippen LogP contribution in [-0.4, -0.2) is 50.7 Å². The van der Waals surface area contributed by atoms with Gasteiger partial charge in [0.25, 0.3) is 0 Å². The molecule has 0 saturated carbocycles. The highest BCUT2D eigenvalue weighted by atomic mass is 16.4. The molecule has 2 heterocycles. The molecule has 1 saturated heterocycles. The third-order valence-corrected chi connectivity index (χ3v) is 3.78. The van der Waals surface area contributed by atoms with Gasteiger partial charge in [-0.1, -0.05) is 0 Å². The highest BCUT2D eigenvalue weighted by Crippen LogP contribution is 2.20. The molecule has 7 heteroatoms. The van der Waals surface area contributed by atoms with E-state index >= 15 is 0 Å². The molecule has 0 aromatic carbocycles. The molecule has 116 valence electrons. The molecular formula is C14H22N4O3.